The van der Waals surface area contributed by atoms with Crippen molar-refractivity contribution in [1.29, 1.82) is 0 Å². The highest BCUT2D eigenvalue weighted by Gasteiger charge is 2.23. The second kappa shape index (κ2) is 15.7. The fourth-order valence-electron chi connectivity index (χ4n) is 4.33. The fraction of sp³-hybridized carbons (Fsp3) is 0.500. The molecule has 0 radical (unpaired) electrons. The van der Waals surface area contributed by atoms with Gasteiger partial charge in [-0.1, -0.05) is 58.4 Å². The summed E-state index contributed by atoms with van der Waals surface area (Å²) < 4.78 is 14.6. The molecule has 0 aliphatic heterocycles. The van der Waals surface area contributed by atoms with Crippen LogP contribution in [0.5, 0.6) is 0 Å². The Balaban J connectivity index is 2.37. The maximum atomic E-state index is 13.1. The molecule has 0 aromatic heterocycles. The number of urea groups is 1. The van der Waals surface area contributed by atoms with Gasteiger partial charge >= 0.3 is 24.6 Å². The molecule has 0 saturated heterocycles. The molecule has 3 amide bonds. The molecule has 4 N–H and O–H groups in total. The number of amides is 3. The van der Waals surface area contributed by atoms with E-state index in [1.165, 1.54) is 7.11 Å². The van der Waals surface area contributed by atoms with Crippen molar-refractivity contribution in [3.8, 4) is 0 Å². The molecule has 40 heavy (non-hydrogen) atoms. The van der Waals surface area contributed by atoms with Crippen molar-refractivity contribution in [2.75, 3.05) is 35.7 Å². The number of carbonyl (C=O) groups excluding carboxylic acids is 3. The van der Waals surface area contributed by atoms with Crippen LogP contribution in [-0.4, -0.2) is 44.8 Å². The lowest BCUT2D eigenvalue weighted by atomic mass is 9.92. The highest BCUT2D eigenvalue weighted by Crippen LogP contribution is 2.34. The quantitative estimate of drug-likeness (QED) is 0.186. The molecule has 2 aromatic rings. The highest BCUT2D eigenvalue weighted by molar-refractivity contribution is 6.02. The Bertz CT molecular complexity index is 1110. The number of esters is 1. The van der Waals surface area contributed by atoms with Crippen molar-refractivity contribution in [1.82, 2.24) is 0 Å². The summed E-state index contributed by atoms with van der Waals surface area (Å²) in [7, 11) is 1.23. The molecule has 0 spiro atoms. The Labute approximate surface area is 237 Å². The van der Waals surface area contributed by atoms with Crippen LogP contribution in [0.2, 0.25) is 0 Å². The van der Waals surface area contributed by atoms with Crippen molar-refractivity contribution in [2.45, 2.75) is 66.8 Å². The number of nitrogens with one attached hydrogen (secondary N) is 2. The lowest BCUT2D eigenvalue weighted by Crippen LogP contribution is -2.32. The van der Waals surface area contributed by atoms with E-state index in [0.717, 1.165) is 29.9 Å². The Morgan fingerprint density at radius 3 is 2.08 bits per heavy atom. The van der Waals surface area contributed by atoms with E-state index >= 15 is 0 Å². The molecule has 10 nitrogen and oxygen atoms in total. The molecule has 0 aliphatic rings. The van der Waals surface area contributed by atoms with Crippen molar-refractivity contribution in [2.24, 2.45) is 17.6 Å². The predicted octanol–water partition coefficient (Wildman–Crippen LogP) is 6.21. The molecule has 2 aromatic carbocycles. The summed E-state index contributed by atoms with van der Waals surface area (Å²) in [6.45, 7) is 12.7. The molecule has 0 fully saturated rings. The lowest BCUT2D eigenvalue weighted by molar-refractivity contribution is -0.240. The molecule has 2 unspecified atom stereocenters. The Kier molecular flexibility index (Phi) is 12.7. The third-order valence-corrected chi connectivity index (χ3v) is 6.10. The number of carbonyl (C=O) groups is 3. The molecule has 0 heterocycles. The van der Waals surface area contributed by atoms with Crippen molar-refractivity contribution >= 4 is 35.2 Å². The van der Waals surface area contributed by atoms with E-state index in [9.17, 15) is 14.4 Å². The first kappa shape index (κ1) is 32.4. The van der Waals surface area contributed by atoms with Gasteiger partial charge in [0.25, 0.3) is 0 Å². The van der Waals surface area contributed by atoms with Crippen LogP contribution in [0, 0.1) is 18.8 Å². The second-order valence-corrected chi connectivity index (χ2v) is 10.7. The van der Waals surface area contributed by atoms with Crippen molar-refractivity contribution in [3.63, 3.8) is 0 Å². The number of methoxy groups -OCH3 is 1. The standard InChI is InChI=1S/C30H44N4O6/c1-8-22(16-27(35)39-30(38-7)40-28(31)36)23-11-14-26(34(17-19(2)3)18-20(4)5)25(15-23)33-29(37)32-24-12-9-21(6)10-13-24/h9-15,19-20,22,30H,8,16-18H2,1-7H3,(H2,31,36)(H2,32,33,37). The van der Waals surface area contributed by atoms with E-state index in [1.54, 1.807) is 0 Å². The number of rotatable bonds is 14. The summed E-state index contributed by atoms with van der Waals surface area (Å²) in [5.74, 6) is -0.0294. The van der Waals surface area contributed by atoms with Gasteiger partial charge in [-0.15, -0.1) is 0 Å². The van der Waals surface area contributed by atoms with E-state index in [-0.39, 0.29) is 18.4 Å². The first-order chi connectivity index (χ1) is 18.9. The number of ether oxygens (including phenoxy) is 3. The smallest absolute Gasteiger partial charge is 0.400 e. The molecule has 2 rings (SSSR count). The Hall–Kier alpha value is -3.79. The molecular formula is C30H44N4O6. The number of benzene rings is 2. The van der Waals surface area contributed by atoms with E-state index in [2.05, 4.69) is 48.0 Å². The second-order valence-electron chi connectivity index (χ2n) is 10.7. The SMILES string of the molecule is CCC(CC(=O)OC(OC)OC(N)=O)c1ccc(N(CC(C)C)CC(C)C)c(NC(=O)Nc2ccc(C)cc2)c1. The first-order valence-corrected chi connectivity index (χ1v) is 13.6. The van der Waals surface area contributed by atoms with Crippen LogP contribution < -0.4 is 21.3 Å². The Morgan fingerprint density at radius 1 is 0.925 bits per heavy atom. The van der Waals surface area contributed by atoms with Gasteiger partial charge < -0.3 is 35.5 Å². The van der Waals surface area contributed by atoms with Gasteiger partial charge in [-0.05, 0) is 60.9 Å². The molecule has 2 atom stereocenters. The third kappa shape index (κ3) is 10.8. The minimum atomic E-state index is -1.52. The number of nitrogens with two attached hydrogens (primary N) is 1. The summed E-state index contributed by atoms with van der Waals surface area (Å²) in [5.41, 5.74) is 9.17. The van der Waals surface area contributed by atoms with Crippen LogP contribution in [0.25, 0.3) is 0 Å². The zero-order valence-electron chi connectivity index (χ0n) is 24.7. The molecule has 0 bridgehead atoms. The average Bonchev–Trinajstić information content (AvgIpc) is 2.87. The van der Waals surface area contributed by atoms with E-state index in [1.807, 2.05) is 56.3 Å². The maximum absolute atomic E-state index is 13.1. The van der Waals surface area contributed by atoms with Gasteiger partial charge in [-0.3, -0.25) is 4.79 Å². The van der Waals surface area contributed by atoms with Crippen LogP contribution in [0.1, 0.15) is 64.5 Å². The highest BCUT2D eigenvalue weighted by atomic mass is 16.9. The number of primary amides is 1. The normalized spacial score (nSPS) is 12.5. The molecule has 220 valence electrons. The van der Waals surface area contributed by atoms with Crippen molar-refractivity contribution < 1.29 is 28.6 Å². The minimum absolute atomic E-state index is 0.00847. The number of hydrogen-bond donors (Lipinski definition) is 3. The first-order valence-electron chi connectivity index (χ1n) is 13.6. The van der Waals surface area contributed by atoms with Crippen LogP contribution >= 0.6 is 0 Å². The number of hydrogen-bond acceptors (Lipinski definition) is 7. The minimum Gasteiger partial charge on any atom is -0.400 e. The van der Waals surface area contributed by atoms with E-state index in [4.69, 9.17) is 15.2 Å². The van der Waals surface area contributed by atoms with E-state index < -0.39 is 18.5 Å². The fourth-order valence-corrected chi connectivity index (χ4v) is 4.33. The molecule has 0 aliphatic carbocycles. The summed E-state index contributed by atoms with van der Waals surface area (Å²) >= 11 is 0. The van der Waals surface area contributed by atoms with Crippen LogP contribution in [0.3, 0.4) is 0 Å². The third-order valence-electron chi connectivity index (χ3n) is 6.10. The van der Waals surface area contributed by atoms with Gasteiger partial charge in [-0.25, -0.2) is 9.59 Å². The maximum Gasteiger partial charge on any atom is 0.409 e. The Morgan fingerprint density at radius 2 is 1.55 bits per heavy atom. The number of aryl methyl sites for hydroxylation is 1. The summed E-state index contributed by atoms with van der Waals surface area (Å²) in [6.07, 6.45) is -0.483. The predicted molar refractivity (Wildman–Crippen MR) is 157 cm³/mol. The van der Waals surface area contributed by atoms with Gasteiger partial charge in [0.2, 0.25) is 0 Å². The van der Waals surface area contributed by atoms with Gasteiger partial charge in [-0.2, -0.15) is 0 Å². The van der Waals surface area contributed by atoms with Gasteiger partial charge in [0.05, 0.1) is 17.8 Å². The van der Waals surface area contributed by atoms with E-state index in [0.29, 0.717) is 29.6 Å². The zero-order valence-corrected chi connectivity index (χ0v) is 24.7. The molecule has 10 heteroatoms. The van der Waals surface area contributed by atoms with Gasteiger partial charge in [0.15, 0.2) is 0 Å². The van der Waals surface area contributed by atoms with Crippen LogP contribution in [0.4, 0.5) is 26.7 Å². The average molecular weight is 557 g/mol. The lowest BCUT2D eigenvalue weighted by Gasteiger charge is -2.31. The zero-order chi connectivity index (χ0) is 29.8. The summed E-state index contributed by atoms with van der Waals surface area (Å²) in [4.78, 5) is 39.0. The van der Waals surface area contributed by atoms with Crippen LogP contribution in [-0.2, 0) is 19.0 Å². The molecular weight excluding hydrogens is 512 g/mol. The molecule has 0 saturated carbocycles. The van der Waals surface area contributed by atoms with Crippen molar-refractivity contribution in [3.05, 3.63) is 53.6 Å². The van der Waals surface area contributed by atoms with Gasteiger partial charge in [0.1, 0.15) is 0 Å². The summed E-state index contributed by atoms with van der Waals surface area (Å²) in [5, 5.41) is 5.93. The summed E-state index contributed by atoms with van der Waals surface area (Å²) in [6, 6.07) is 13.1. The number of nitrogens with zero attached hydrogens (tertiary/aromatic N) is 1. The van der Waals surface area contributed by atoms with Crippen LogP contribution in [0.15, 0.2) is 42.5 Å². The number of anilines is 3. The monoisotopic (exact) mass is 556 g/mol. The largest absolute Gasteiger partial charge is 0.409 e. The topological polar surface area (TPSA) is 132 Å². The van der Waals surface area contributed by atoms with Gasteiger partial charge in [0, 0.05) is 25.9 Å².